The summed E-state index contributed by atoms with van der Waals surface area (Å²) in [5, 5.41) is 0. The summed E-state index contributed by atoms with van der Waals surface area (Å²) in [4.78, 5) is 6.17. The fourth-order valence-corrected chi connectivity index (χ4v) is 0.477. The summed E-state index contributed by atoms with van der Waals surface area (Å²) in [7, 11) is -1.33. The monoisotopic (exact) mass is 124 g/mol. The topological polar surface area (TPSA) is 62.2 Å². The van der Waals surface area contributed by atoms with Crippen LogP contribution in [0.25, 0.3) is 0 Å². The van der Waals surface area contributed by atoms with Gasteiger partial charge in [-0.15, -0.1) is 4.89 Å². The lowest BCUT2D eigenvalue weighted by Crippen LogP contribution is -2.18. The van der Waals surface area contributed by atoms with E-state index in [1.165, 1.54) is 13.4 Å². The number of nitrogens with one attached hydrogen (secondary N) is 2. The van der Waals surface area contributed by atoms with Crippen LogP contribution >= 0.6 is 0 Å². The lowest BCUT2D eigenvalue weighted by Gasteiger charge is -1.96. The highest BCUT2D eigenvalue weighted by atomic mass is 32.2. The van der Waals surface area contributed by atoms with Gasteiger partial charge in [0.05, 0.1) is 7.11 Å². The van der Waals surface area contributed by atoms with Crippen molar-refractivity contribution < 1.29 is 9.05 Å². The Morgan fingerprint density at radius 3 is 2.29 bits per heavy atom. The van der Waals surface area contributed by atoms with Crippen LogP contribution in [0.3, 0.4) is 0 Å². The molecule has 0 heterocycles. The normalized spacial score (nSPS) is 18.6. The first-order chi connectivity index (χ1) is 3.06. The van der Waals surface area contributed by atoms with E-state index in [1.807, 2.05) is 4.89 Å². The molecule has 0 aromatic carbocycles. The zero-order valence-corrected chi connectivity index (χ0v) is 5.04. The maximum Gasteiger partial charge on any atom is 0.124 e. The predicted octanol–water partition coefficient (Wildman–Crippen LogP) is -0.271. The summed E-state index contributed by atoms with van der Waals surface area (Å²) in [6.45, 7) is 0. The highest BCUT2D eigenvalue weighted by Gasteiger charge is 1.88. The highest BCUT2D eigenvalue weighted by molar-refractivity contribution is 7.89. The third-order valence-electron chi connectivity index (χ3n) is 0.242. The van der Waals surface area contributed by atoms with Crippen molar-refractivity contribution in [3.63, 3.8) is 0 Å². The molecule has 0 radical (unpaired) electrons. The second-order valence-electron chi connectivity index (χ2n) is 1.13. The lowest BCUT2D eigenvalue weighted by molar-refractivity contribution is 0.157. The quantitative estimate of drug-likeness (QED) is 0.498. The van der Waals surface area contributed by atoms with Gasteiger partial charge in [-0.1, -0.05) is 0 Å². The van der Waals surface area contributed by atoms with Crippen molar-refractivity contribution in [3.05, 3.63) is 0 Å². The van der Waals surface area contributed by atoms with Crippen LogP contribution in [0.1, 0.15) is 0 Å². The van der Waals surface area contributed by atoms with Crippen molar-refractivity contribution in [1.82, 2.24) is 4.89 Å². The maximum atomic E-state index is 10.2. The van der Waals surface area contributed by atoms with Crippen LogP contribution in [0.5, 0.6) is 0 Å². The first kappa shape index (κ1) is 6.87. The van der Waals surface area contributed by atoms with Gasteiger partial charge < -0.3 is 0 Å². The van der Waals surface area contributed by atoms with Crippen LogP contribution in [0.15, 0.2) is 0 Å². The average Bonchev–Trinajstić information content (AvgIpc) is 1.30. The van der Waals surface area contributed by atoms with Crippen molar-refractivity contribution in [2.24, 2.45) is 0 Å². The Morgan fingerprint density at radius 1 is 1.86 bits per heavy atom. The fourth-order valence-electron chi connectivity index (χ4n) is 0.159. The summed E-state index contributed by atoms with van der Waals surface area (Å²) >= 11 is 0. The zero-order chi connectivity index (χ0) is 5.91. The van der Waals surface area contributed by atoms with Crippen LogP contribution in [-0.4, -0.2) is 17.6 Å². The van der Waals surface area contributed by atoms with E-state index in [0.717, 1.165) is 0 Å². The Balaban J connectivity index is 3.60. The van der Waals surface area contributed by atoms with Gasteiger partial charge in [0.1, 0.15) is 9.92 Å². The zero-order valence-electron chi connectivity index (χ0n) is 4.22. The van der Waals surface area contributed by atoms with E-state index in [2.05, 4.69) is 4.84 Å². The average molecular weight is 124 g/mol. The van der Waals surface area contributed by atoms with Gasteiger partial charge in [0.25, 0.3) is 0 Å². The van der Waals surface area contributed by atoms with Crippen molar-refractivity contribution in [1.29, 1.82) is 4.78 Å². The van der Waals surface area contributed by atoms with E-state index in [1.54, 1.807) is 0 Å². The van der Waals surface area contributed by atoms with Gasteiger partial charge in [0, 0.05) is 6.26 Å². The summed E-state index contributed by atoms with van der Waals surface area (Å²) in [6.07, 6.45) is 1.23. The Kier molecular flexibility index (Phi) is 2.21. The number of hydrogen-bond acceptors (Lipinski definition) is 3. The number of rotatable bonds is 2. The molecule has 44 valence electrons. The fraction of sp³-hybridized carbons (Fsp3) is 1.00. The molecular formula is C2H8N2O2S. The first-order valence-electron chi connectivity index (χ1n) is 1.60. The Morgan fingerprint density at radius 2 is 2.29 bits per heavy atom. The van der Waals surface area contributed by atoms with Crippen LogP contribution in [0, 0.1) is 4.78 Å². The molecule has 0 aliphatic rings. The van der Waals surface area contributed by atoms with E-state index in [-0.39, 0.29) is 0 Å². The van der Waals surface area contributed by atoms with Gasteiger partial charge in [0.15, 0.2) is 0 Å². The highest BCUT2D eigenvalue weighted by Crippen LogP contribution is 1.70. The minimum absolute atomic E-state index is 1.23. The first-order valence-corrected chi connectivity index (χ1v) is 3.56. The van der Waals surface area contributed by atoms with Gasteiger partial charge in [-0.05, 0) is 0 Å². The van der Waals surface area contributed by atoms with Gasteiger partial charge in [-0.3, -0.25) is 4.84 Å². The summed E-state index contributed by atoms with van der Waals surface area (Å²) in [6, 6.07) is 0. The molecule has 0 aromatic rings. The Labute approximate surface area is 42.9 Å². The Hall–Kier alpha value is -0.130. The van der Waals surface area contributed by atoms with Crippen molar-refractivity contribution in [2.45, 2.75) is 0 Å². The maximum absolute atomic E-state index is 10.2. The predicted molar refractivity (Wildman–Crippen MR) is 26.9 cm³/mol. The summed E-state index contributed by atoms with van der Waals surface area (Å²) in [5.74, 6) is 0. The second-order valence-corrected chi connectivity index (χ2v) is 2.99. The molecule has 5 heteroatoms. The third kappa shape index (κ3) is 5.87. The van der Waals surface area contributed by atoms with Gasteiger partial charge in [-0.25, -0.2) is 8.99 Å². The molecule has 0 amide bonds. The molecule has 1 unspecified atom stereocenters. The van der Waals surface area contributed by atoms with Crippen molar-refractivity contribution in [3.8, 4) is 0 Å². The molecule has 0 spiro atoms. The van der Waals surface area contributed by atoms with Gasteiger partial charge >= 0.3 is 0 Å². The third-order valence-corrected chi connectivity index (χ3v) is 0.727. The molecule has 0 saturated heterocycles. The molecular weight excluding hydrogens is 116 g/mol. The van der Waals surface area contributed by atoms with Crippen molar-refractivity contribution >= 4 is 9.92 Å². The lowest BCUT2D eigenvalue weighted by atomic mass is 11.7. The van der Waals surface area contributed by atoms with Crippen molar-refractivity contribution in [2.75, 3.05) is 13.4 Å². The largest absolute Gasteiger partial charge is 0.292 e. The van der Waals surface area contributed by atoms with Crippen LogP contribution < -0.4 is 4.89 Å². The van der Waals surface area contributed by atoms with E-state index in [0.29, 0.717) is 0 Å². The molecule has 0 fully saturated rings. The summed E-state index contributed by atoms with van der Waals surface area (Å²) < 4.78 is 16.8. The van der Waals surface area contributed by atoms with E-state index >= 15 is 0 Å². The smallest absolute Gasteiger partial charge is 0.124 e. The molecule has 0 rings (SSSR count). The molecule has 0 bridgehead atoms. The molecule has 1 atom stereocenters. The van der Waals surface area contributed by atoms with Gasteiger partial charge in [0.2, 0.25) is 0 Å². The molecule has 0 aliphatic heterocycles. The molecule has 0 aliphatic carbocycles. The SMILES string of the molecule is CONS(C)(=N)=O. The second kappa shape index (κ2) is 2.25. The minimum atomic E-state index is -2.65. The molecule has 0 aromatic heterocycles. The van der Waals surface area contributed by atoms with E-state index < -0.39 is 9.92 Å². The summed E-state index contributed by atoms with van der Waals surface area (Å²) in [5.41, 5.74) is 0. The molecule has 2 N–H and O–H groups in total. The van der Waals surface area contributed by atoms with E-state index in [4.69, 9.17) is 4.78 Å². The number of hydrogen-bond donors (Lipinski definition) is 2. The van der Waals surface area contributed by atoms with Crippen LogP contribution in [0.2, 0.25) is 0 Å². The molecule has 7 heavy (non-hydrogen) atoms. The minimum Gasteiger partial charge on any atom is -0.292 e. The van der Waals surface area contributed by atoms with E-state index in [9.17, 15) is 4.21 Å². The Bertz CT molecular complexity index is 127. The molecule has 0 saturated carbocycles. The van der Waals surface area contributed by atoms with Gasteiger partial charge in [-0.2, -0.15) is 0 Å². The molecule has 4 nitrogen and oxygen atoms in total. The van der Waals surface area contributed by atoms with Crippen LogP contribution in [-0.2, 0) is 14.8 Å². The van der Waals surface area contributed by atoms with Crippen LogP contribution in [0.4, 0.5) is 0 Å². The standard InChI is InChI=1S/C2H8N2O2S/c1-6-4-7(2,3)5/h1-2H3,(H2,3,4,5).